The Morgan fingerprint density at radius 2 is 1.79 bits per heavy atom. The number of carbonyl (C=O) groups is 2. The van der Waals surface area contributed by atoms with E-state index >= 15 is 0 Å². The van der Waals surface area contributed by atoms with Gasteiger partial charge in [0.25, 0.3) is 5.91 Å². The number of rotatable bonds is 8. The Labute approximate surface area is 200 Å². The molecule has 0 aliphatic heterocycles. The molecule has 0 bridgehead atoms. The molecule has 3 aromatic carbocycles. The van der Waals surface area contributed by atoms with Crippen LogP contribution in [0.15, 0.2) is 65.8 Å². The van der Waals surface area contributed by atoms with Crippen LogP contribution >= 0.6 is 23.2 Å². The maximum absolute atomic E-state index is 12.6. The van der Waals surface area contributed by atoms with E-state index in [1.165, 1.54) is 25.5 Å². The van der Waals surface area contributed by atoms with E-state index in [1.807, 2.05) is 0 Å². The summed E-state index contributed by atoms with van der Waals surface area (Å²) in [5.74, 6) is -0.0646. The Hall–Kier alpha value is -3.55. The fourth-order valence-corrected chi connectivity index (χ4v) is 3.21. The number of halogens is 2. The molecule has 0 atom stereocenters. The summed E-state index contributed by atoms with van der Waals surface area (Å²) >= 11 is 12.3. The average Bonchev–Trinajstić information content (AvgIpc) is 2.81. The van der Waals surface area contributed by atoms with Gasteiger partial charge >= 0.3 is 5.97 Å². The van der Waals surface area contributed by atoms with Gasteiger partial charge in [0.05, 0.1) is 30.5 Å². The highest BCUT2D eigenvalue weighted by atomic mass is 35.5. The molecule has 33 heavy (non-hydrogen) atoms. The summed E-state index contributed by atoms with van der Waals surface area (Å²) in [6, 6.07) is 16.1. The molecule has 0 radical (unpaired) electrons. The minimum absolute atomic E-state index is 0.0828. The lowest BCUT2D eigenvalue weighted by Crippen LogP contribution is -2.17. The standard InChI is InChI=1S/C24H20Cl2N2O5/c1-3-32-21-12-15(14-27-28-23(29)17-5-4-6-18(25)13-17)11-20(26)22(21)33-24(30)16-7-9-19(31-2)10-8-16/h4-14H,3H2,1-2H3,(H,28,29)/b27-14+. The molecule has 1 N–H and O–H groups in total. The summed E-state index contributed by atoms with van der Waals surface area (Å²) in [5.41, 5.74) is 3.63. The van der Waals surface area contributed by atoms with Crippen molar-refractivity contribution in [3.63, 3.8) is 0 Å². The zero-order valence-corrected chi connectivity index (χ0v) is 19.3. The van der Waals surface area contributed by atoms with Gasteiger partial charge in [0.1, 0.15) is 5.75 Å². The second-order valence-electron chi connectivity index (χ2n) is 6.59. The molecule has 9 heteroatoms. The SMILES string of the molecule is CCOc1cc(/C=N/NC(=O)c2cccc(Cl)c2)cc(Cl)c1OC(=O)c1ccc(OC)cc1. The number of hydrazone groups is 1. The van der Waals surface area contributed by atoms with Gasteiger partial charge in [-0.3, -0.25) is 4.79 Å². The van der Waals surface area contributed by atoms with Crippen molar-refractivity contribution in [2.75, 3.05) is 13.7 Å². The minimum Gasteiger partial charge on any atom is -0.497 e. The molecule has 0 unspecified atom stereocenters. The van der Waals surface area contributed by atoms with Gasteiger partial charge in [-0.25, -0.2) is 10.2 Å². The van der Waals surface area contributed by atoms with Crippen molar-refractivity contribution >= 4 is 41.3 Å². The summed E-state index contributed by atoms with van der Waals surface area (Å²) in [6.45, 7) is 2.10. The summed E-state index contributed by atoms with van der Waals surface area (Å²) in [4.78, 5) is 24.7. The molecule has 0 saturated carbocycles. The molecular weight excluding hydrogens is 467 g/mol. The summed E-state index contributed by atoms with van der Waals surface area (Å²) in [6.07, 6.45) is 1.39. The third-order valence-electron chi connectivity index (χ3n) is 4.32. The maximum Gasteiger partial charge on any atom is 0.343 e. The van der Waals surface area contributed by atoms with E-state index in [9.17, 15) is 9.59 Å². The van der Waals surface area contributed by atoms with Gasteiger partial charge in [-0.15, -0.1) is 0 Å². The van der Waals surface area contributed by atoms with E-state index in [-0.39, 0.29) is 16.5 Å². The quantitative estimate of drug-likeness (QED) is 0.200. The number of benzene rings is 3. The second kappa shape index (κ2) is 11.4. The predicted octanol–water partition coefficient (Wildman–Crippen LogP) is 5.38. The van der Waals surface area contributed by atoms with Crippen LogP contribution in [0.4, 0.5) is 0 Å². The fraction of sp³-hybridized carbons (Fsp3) is 0.125. The van der Waals surface area contributed by atoms with Crippen LogP contribution in [0.1, 0.15) is 33.2 Å². The Bertz CT molecular complexity index is 1180. The highest BCUT2D eigenvalue weighted by molar-refractivity contribution is 6.32. The monoisotopic (exact) mass is 486 g/mol. The lowest BCUT2D eigenvalue weighted by atomic mass is 10.2. The highest BCUT2D eigenvalue weighted by Crippen LogP contribution is 2.37. The molecule has 3 aromatic rings. The van der Waals surface area contributed by atoms with Gasteiger partial charge in [0.15, 0.2) is 11.5 Å². The molecule has 0 aliphatic carbocycles. The smallest absolute Gasteiger partial charge is 0.343 e. The summed E-state index contributed by atoms with van der Waals surface area (Å²) < 4.78 is 16.2. The Balaban J connectivity index is 1.76. The van der Waals surface area contributed by atoms with E-state index in [0.717, 1.165) is 0 Å². The Morgan fingerprint density at radius 1 is 1.03 bits per heavy atom. The molecule has 0 saturated heterocycles. The van der Waals surface area contributed by atoms with Crippen molar-refractivity contribution in [1.29, 1.82) is 0 Å². The molecule has 3 rings (SSSR count). The zero-order valence-electron chi connectivity index (χ0n) is 17.8. The van der Waals surface area contributed by atoms with Crippen LogP contribution in [-0.2, 0) is 0 Å². The molecule has 0 aliphatic rings. The van der Waals surface area contributed by atoms with Crippen LogP contribution in [0.25, 0.3) is 0 Å². The number of carbonyl (C=O) groups excluding carboxylic acids is 2. The Morgan fingerprint density at radius 3 is 2.45 bits per heavy atom. The highest BCUT2D eigenvalue weighted by Gasteiger charge is 2.17. The second-order valence-corrected chi connectivity index (χ2v) is 7.43. The van der Waals surface area contributed by atoms with E-state index in [0.29, 0.717) is 34.1 Å². The first-order valence-electron chi connectivity index (χ1n) is 9.82. The number of methoxy groups -OCH3 is 1. The number of hydrogen-bond acceptors (Lipinski definition) is 6. The summed E-state index contributed by atoms with van der Waals surface area (Å²) in [7, 11) is 1.54. The lowest BCUT2D eigenvalue weighted by Gasteiger charge is -2.13. The lowest BCUT2D eigenvalue weighted by molar-refractivity contribution is 0.0728. The molecule has 0 fully saturated rings. The van der Waals surface area contributed by atoms with Gasteiger partial charge in [0, 0.05) is 10.6 Å². The van der Waals surface area contributed by atoms with Crippen LogP contribution in [0.5, 0.6) is 17.2 Å². The maximum atomic E-state index is 12.6. The van der Waals surface area contributed by atoms with Crippen molar-refractivity contribution < 1.29 is 23.8 Å². The largest absolute Gasteiger partial charge is 0.497 e. The van der Waals surface area contributed by atoms with E-state index in [1.54, 1.807) is 55.5 Å². The molecular formula is C24H20Cl2N2O5. The molecule has 0 aromatic heterocycles. The Kier molecular flexibility index (Phi) is 8.29. The van der Waals surface area contributed by atoms with Crippen molar-refractivity contribution in [3.05, 3.63) is 87.4 Å². The topological polar surface area (TPSA) is 86.2 Å². The van der Waals surface area contributed by atoms with Gasteiger partial charge in [-0.1, -0.05) is 29.3 Å². The van der Waals surface area contributed by atoms with E-state index < -0.39 is 11.9 Å². The third kappa shape index (κ3) is 6.47. The number of esters is 1. The van der Waals surface area contributed by atoms with Crippen LogP contribution < -0.4 is 19.6 Å². The zero-order chi connectivity index (χ0) is 23.8. The van der Waals surface area contributed by atoms with E-state index in [4.69, 9.17) is 37.4 Å². The van der Waals surface area contributed by atoms with Gasteiger partial charge in [-0.2, -0.15) is 5.10 Å². The first-order chi connectivity index (χ1) is 15.9. The number of ether oxygens (including phenoxy) is 3. The first-order valence-corrected chi connectivity index (χ1v) is 10.6. The average molecular weight is 487 g/mol. The van der Waals surface area contributed by atoms with Gasteiger partial charge in [-0.05, 0) is 67.1 Å². The molecule has 7 nitrogen and oxygen atoms in total. The third-order valence-corrected chi connectivity index (χ3v) is 4.83. The van der Waals surface area contributed by atoms with Crippen LogP contribution in [0.2, 0.25) is 10.0 Å². The number of nitrogens with one attached hydrogen (secondary N) is 1. The number of amides is 1. The van der Waals surface area contributed by atoms with Crippen LogP contribution in [0, 0.1) is 0 Å². The molecule has 170 valence electrons. The first kappa shape index (κ1) is 24.1. The van der Waals surface area contributed by atoms with Crippen molar-refractivity contribution in [2.24, 2.45) is 5.10 Å². The van der Waals surface area contributed by atoms with Crippen molar-refractivity contribution in [2.45, 2.75) is 6.92 Å². The molecule has 1 amide bonds. The minimum atomic E-state index is -0.601. The van der Waals surface area contributed by atoms with Crippen molar-refractivity contribution in [1.82, 2.24) is 5.43 Å². The van der Waals surface area contributed by atoms with Gasteiger partial charge in [0.2, 0.25) is 0 Å². The number of hydrogen-bond donors (Lipinski definition) is 1. The van der Waals surface area contributed by atoms with Gasteiger partial charge < -0.3 is 14.2 Å². The predicted molar refractivity (Wildman–Crippen MR) is 127 cm³/mol. The van der Waals surface area contributed by atoms with Crippen molar-refractivity contribution in [3.8, 4) is 17.2 Å². The van der Waals surface area contributed by atoms with Crippen LogP contribution in [-0.4, -0.2) is 31.8 Å². The normalized spacial score (nSPS) is 10.7. The van der Waals surface area contributed by atoms with Crippen LogP contribution in [0.3, 0.4) is 0 Å². The molecule has 0 heterocycles. The number of nitrogens with zero attached hydrogens (tertiary/aromatic N) is 1. The molecule has 0 spiro atoms. The van der Waals surface area contributed by atoms with E-state index in [2.05, 4.69) is 10.5 Å². The fourth-order valence-electron chi connectivity index (χ4n) is 2.76. The summed E-state index contributed by atoms with van der Waals surface area (Å²) in [5, 5.41) is 4.53.